The molecule has 1 atom stereocenters. The molecule has 0 fully saturated rings. The van der Waals surface area contributed by atoms with Gasteiger partial charge < -0.3 is 14.3 Å². The smallest absolute Gasteiger partial charge is 0.457 e. The molecule has 0 aliphatic heterocycles. The summed E-state index contributed by atoms with van der Waals surface area (Å²) < 4.78 is 75.8. The summed E-state index contributed by atoms with van der Waals surface area (Å²) in [4.78, 5) is 0. The monoisotopic (exact) mass is 322 g/mol. The molecule has 0 radical (unpaired) electrons. The number of alkyl halides is 5. The summed E-state index contributed by atoms with van der Waals surface area (Å²) in [6, 6.07) is 5.26. The molecule has 0 saturated heterocycles. The molecule has 0 amide bonds. The maximum absolute atomic E-state index is 14.0. The largest absolute Gasteiger partial charge is 0.497 e. The number of benzene rings is 1. The summed E-state index contributed by atoms with van der Waals surface area (Å²) in [6.45, 7) is 0. The fourth-order valence-electron chi connectivity index (χ4n) is 2.05. The van der Waals surface area contributed by atoms with E-state index in [9.17, 15) is 27.1 Å². The lowest BCUT2D eigenvalue weighted by atomic mass is 9.81. The summed E-state index contributed by atoms with van der Waals surface area (Å²) in [5.41, 5.74) is -5.04. The third-order valence-electron chi connectivity index (χ3n) is 3.24. The van der Waals surface area contributed by atoms with Crippen molar-refractivity contribution in [2.24, 2.45) is 0 Å². The molecule has 1 unspecified atom stereocenters. The number of hydrogen-bond donors (Lipinski definition) is 1. The standard InChI is InChI=1S/C14H11F5O3/c1-21-11-4-2-3-9(7-11)12(20,10-5-6-22-8-10)13(15,16)14(17,18)19/h2-8,20H,1H3. The van der Waals surface area contributed by atoms with Crippen LogP contribution in [0.4, 0.5) is 22.0 Å². The molecule has 1 aromatic heterocycles. The van der Waals surface area contributed by atoms with Crippen LogP contribution in [0.1, 0.15) is 11.1 Å². The molecular weight excluding hydrogens is 311 g/mol. The van der Waals surface area contributed by atoms with Gasteiger partial charge in [0.2, 0.25) is 0 Å². The van der Waals surface area contributed by atoms with Crippen LogP contribution in [0.25, 0.3) is 0 Å². The Kier molecular flexibility index (Phi) is 3.90. The molecule has 8 heteroatoms. The van der Waals surface area contributed by atoms with Crippen molar-refractivity contribution in [3.05, 3.63) is 54.0 Å². The normalized spacial score (nSPS) is 15.4. The molecule has 120 valence electrons. The van der Waals surface area contributed by atoms with E-state index in [0.29, 0.717) is 6.26 Å². The number of halogens is 5. The Morgan fingerprint density at radius 2 is 1.73 bits per heavy atom. The highest BCUT2D eigenvalue weighted by atomic mass is 19.4. The first-order valence-corrected chi connectivity index (χ1v) is 5.98. The minimum atomic E-state index is -5.97. The van der Waals surface area contributed by atoms with Crippen molar-refractivity contribution in [1.82, 2.24) is 0 Å². The summed E-state index contributed by atoms with van der Waals surface area (Å²) in [6.07, 6.45) is -4.44. The summed E-state index contributed by atoms with van der Waals surface area (Å²) in [5, 5.41) is 10.3. The number of furan rings is 1. The Balaban J connectivity index is 2.72. The molecule has 1 heterocycles. The second kappa shape index (κ2) is 5.28. The van der Waals surface area contributed by atoms with Gasteiger partial charge >= 0.3 is 12.1 Å². The van der Waals surface area contributed by atoms with Crippen LogP contribution in [-0.2, 0) is 5.60 Å². The van der Waals surface area contributed by atoms with E-state index < -0.39 is 28.8 Å². The Labute approximate surface area is 121 Å². The van der Waals surface area contributed by atoms with E-state index in [4.69, 9.17) is 4.74 Å². The van der Waals surface area contributed by atoms with Crippen molar-refractivity contribution in [3.8, 4) is 5.75 Å². The zero-order valence-corrected chi connectivity index (χ0v) is 11.2. The van der Waals surface area contributed by atoms with Crippen LogP contribution in [0.15, 0.2) is 47.3 Å². The van der Waals surface area contributed by atoms with E-state index >= 15 is 0 Å². The minimum absolute atomic E-state index is 0.0254. The Morgan fingerprint density at radius 3 is 2.23 bits per heavy atom. The molecule has 2 rings (SSSR count). The van der Waals surface area contributed by atoms with E-state index in [0.717, 1.165) is 24.5 Å². The topological polar surface area (TPSA) is 42.6 Å². The van der Waals surface area contributed by atoms with Gasteiger partial charge in [-0.25, -0.2) is 0 Å². The molecular formula is C14H11F5O3. The molecule has 0 saturated carbocycles. The van der Waals surface area contributed by atoms with E-state index in [2.05, 4.69) is 4.42 Å². The van der Waals surface area contributed by atoms with Crippen LogP contribution in [0.3, 0.4) is 0 Å². The zero-order chi connectivity index (χ0) is 16.6. The molecule has 22 heavy (non-hydrogen) atoms. The van der Waals surface area contributed by atoms with Gasteiger partial charge in [0, 0.05) is 5.56 Å². The van der Waals surface area contributed by atoms with Crippen molar-refractivity contribution >= 4 is 0 Å². The average molecular weight is 322 g/mol. The maximum Gasteiger partial charge on any atom is 0.457 e. The molecule has 2 aromatic rings. The molecule has 0 aliphatic rings. The number of hydrogen-bond acceptors (Lipinski definition) is 3. The molecule has 1 N–H and O–H groups in total. The zero-order valence-electron chi connectivity index (χ0n) is 11.2. The van der Waals surface area contributed by atoms with E-state index in [-0.39, 0.29) is 5.75 Å². The third kappa shape index (κ3) is 2.33. The average Bonchev–Trinajstić information content (AvgIpc) is 2.99. The highest BCUT2D eigenvalue weighted by Gasteiger charge is 2.71. The quantitative estimate of drug-likeness (QED) is 0.873. The van der Waals surface area contributed by atoms with Crippen LogP contribution >= 0.6 is 0 Å². The van der Waals surface area contributed by atoms with Crippen molar-refractivity contribution in [2.75, 3.05) is 7.11 Å². The van der Waals surface area contributed by atoms with Crippen LogP contribution in [0.2, 0.25) is 0 Å². The lowest BCUT2D eigenvalue weighted by Gasteiger charge is -2.36. The molecule has 3 nitrogen and oxygen atoms in total. The first kappa shape index (κ1) is 16.3. The van der Waals surface area contributed by atoms with Gasteiger partial charge in [-0.1, -0.05) is 12.1 Å². The van der Waals surface area contributed by atoms with Crippen molar-refractivity contribution in [3.63, 3.8) is 0 Å². The minimum Gasteiger partial charge on any atom is -0.497 e. The van der Waals surface area contributed by atoms with Gasteiger partial charge in [0.05, 0.1) is 19.6 Å². The van der Waals surface area contributed by atoms with Crippen LogP contribution in [0.5, 0.6) is 5.75 Å². The molecule has 0 aliphatic carbocycles. The van der Waals surface area contributed by atoms with Gasteiger partial charge in [0.15, 0.2) is 5.60 Å². The third-order valence-corrected chi connectivity index (χ3v) is 3.24. The summed E-state index contributed by atoms with van der Waals surface area (Å²) in [7, 11) is 1.22. The second-order valence-electron chi connectivity index (χ2n) is 4.53. The number of methoxy groups -OCH3 is 1. The highest BCUT2D eigenvalue weighted by Crippen LogP contribution is 2.52. The van der Waals surface area contributed by atoms with Crippen LogP contribution < -0.4 is 4.74 Å². The van der Waals surface area contributed by atoms with E-state index in [1.165, 1.54) is 19.2 Å². The fraction of sp³-hybridized carbons (Fsp3) is 0.286. The number of ether oxygens (including phenoxy) is 1. The number of rotatable bonds is 4. The second-order valence-corrected chi connectivity index (χ2v) is 4.53. The van der Waals surface area contributed by atoms with E-state index in [1.807, 2.05) is 0 Å². The SMILES string of the molecule is COc1cccc(C(O)(c2ccoc2)C(F)(F)C(F)(F)F)c1. The van der Waals surface area contributed by atoms with Gasteiger partial charge in [0.1, 0.15) is 5.75 Å². The van der Waals surface area contributed by atoms with Crippen molar-refractivity contribution in [2.45, 2.75) is 17.7 Å². The van der Waals surface area contributed by atoms with Gasteiger partial charge in [-0.3, -0.25) is 0 Å². The van der Waals surface area contributed by atoms with Crippen molar-refractivity contribution in [1.29, 1.82) is 0 Å². The molecule has 0 spiro atoms. The molecule has 0 bridgehead atoms. The molecule has 1 aromatic carbocycles. The lowest BCUT2D eigenvalue weighted by Crippen LogP contribution is -2.55. The van der Waals surface area contributed by atoms with Gasteiger partial charge in [-0.2, -0.15) is 22.0 Å². The van der Waals surface area contributed by atoms with Gasteiger partial charge in [-0.05, 0) is 23.8 Å². The lowest BCUT2D eigenvalue weighted by molar-refractivity contribution is -0.336. The number of aliphatic hydroxyl groups is 1. The highest BCUT2D eigenvalue weighted by molar-refractivity contribution is 5.41. The van der Waals surface area contributed by atoms with Crippen LogP contribution in [0, 0.1) is 0 Å². The first-order valence-electron chi connectivity index (χ1n) is 5.98. The van der Waals surface area contributed by atoms with E-state index in [1.54, 1.807) is 0 Å². The summed E-state index contributed by atoms with van der Waals surface area (Å²) >= 11 is 0. The predicted octanol–water partition coefficient (Wildman–Crippen LogP) is 3.72. The Bertz CT molecular complexity index is 636. The Hall–Kier alpha value is -2.09. The summed E-state index contributed by atoms with van der Waals surface area (Å²) in [5.74, 6) is -5.42. The van der Waals surface area contributed by atoms with Crippen molar-refractivity contribution < 1.29 is 36.2 Å². The van der Waals surface area contributed by atoms with Crippen LogP contribution in [-0.4, -0.2) is 24.3 Å². The van der Waals surface area contributed by atoms with Gasteiger partial charge in [-0.15, -0.1) is 0 Å². The fourth-order valence-corrected chi connectivity index (χ4v) is 2.05. The maximum atomic E-state index is 14.0. The van der Waals surface area contributed by atoms with Gasteiger partial charge in [0.25, 0.3) is 0 Å². The first-order chi connectivity index (χ1) is 10.1. The predicted molar refractivity (Wildman–Crippen MR) is 65.7 cm³/mol. The Morgan fingerprint density at radius 1 is 1.05 bits per heavy atom.